The summed E-state index contributed by atoms with van der Waals surface area (Å²) in [5.41, 5.74) is 0. The van der Waals surface area contributed by atoms with Crippen molar-refractivity contribution in [2.45, 2.75) is 45.9 Å². The summed E-state index contributed by atoms with van der Waals surface area (Å²) in [6, 6.07) is 0. The van der Waals surface area contributed by atoms with Crippen molar-refractivity contribution in [2.24, 2.45) is 16.8 Å². The third-order valence-corrected chi connectivity index (χ3v) is 2.89. The summed E-state index contributed by atoms with van der Waals surface area (Å²) in [5.74, 6) is -1.07. The average molecular weight is 237 g/mol. The maximum absolute atomic E-state index is 12.5. The van der Waals surface area contributed by atoms with Gasteiger partial charge in [-0.3, -0.25) is 4.99 Å². The SMILES string of the molecule is CCC(C)OC1=NCC(C(F)(F)F)CC1C. The topological polar surface area (TPSA) is 21.6 Å². The lowest BCUT2D eigenvalue weighted by Crippen LogP contribution is -2.35. The highest BCUT2D eigenvalue weighted by Crippen LogP contribution is 2.34. The fourth-order valence-electron chi connectivity index (χ4n) is 1.64. The van der Waals surface area contributed by atoms with Crippen molar-refractivity contribution >= 4 is 5.90 Å². The van der Waals surface area contributed by atoms with E-state index in [1.54, 1.807) is 6.92 Å². The molecule has 0 aliphatic carbocycles. The van der Waals surface area contributed by atoms with Gasteiger partial charge in [-0.25, -0.2) is 0 Å². The molecule has 0 N–H and O–H groups in total. The van der Waals surface area contributed by atoms with Gasteiger partial charge in [0.2, 0.25) is 0 Å². The standard InChI is InChI=1S/C11H18F3NO/c1-4-8(3)16-10-7(2)5-9(6-15-10)11(12,13)14/h7-9H,4-6H2,1-3H3. The lowest BCUT2D eigenvalue weighted by Gasteiger charge is -2.29. The highest BCUT2D eigenvalue weighted by Gasteiger charge is 2.42. The molecule has 0 spiro atoms. The number of halogens is 3. The van der Waals surface area contributed by atoms with Gasteiger partial charge < -0.3 is 4.74 Å². The molecule has 16 heavy (non-hydrogen) atoms. The molecule has 3 unspecified atom stereocenters. The molecule has 94 valence electrons. The number of aliphatic imine (C=N–C) groups is 1. The Bertz CT molecular complexity index is 262. The van der Waals surface area contributed by atoms with E-state index in [4.69, 9.17) is 4.74 Å². The molecule has 0 aromatic rings. The van der Waals surface area contributed by atoms with Crippen LogP contribution in [0.25, 0.3) is 0 Å². The zero-order valence-electron chi connectivity index (χ0n) is 9.84. The molecule has 0 aromatic heterocycles. The minimum Gasteiger partial charge on any atom is -0.478 e. The molecular weight excluding hydrogens is 219 g/mol. The summed E-state index contributed by atoms with van der Waals surface area (Å²) < 4.78 is 42.9. The normalized spacial score (nSPS) is 28.5. The van der Waals surface area contributed by atoms with Crippen LogP contribution in [0.15, 0.2) is 4.99 Å². The summed E-state index contributed by atoms with van der Waals surface area (Å²) in [6.45, 7) is 5.40. The first kappa shape index (κ1) is 13.3. The second-order valence-corrected chi connectivity index (χ2v) is 4.39. The van der Waals surface area contributed by atoms with Gasteiger partial charge in [0.25, 0.3) is 0 Å². The maximum Gasteiger partial charge on any atom is 0.393 e. The van der Waals surface area contributed by atoms with E-state index in [0.717, 1.165) is 6.42 Å². The summed E-state index contributed by atoms with van der Waals surface area (Å²) in [4.78, 5) is 3.92. The van der Waals surface area contributed by atoms with Gasteiger partial charge in [0.1, 0.15) is 0 Å². The molecule has 2 nitrogen and oxygen atoms in total. The van der Waals surface area contributed by atoms with Gasteiger partial charge in [0.15, 0.2) is 5.90 Å². The van der Waals surface area contributed by atoms with E-state index >= 15 is 0 Å². The lowest BCUT2D eigenvalue weighted by atomic mass is 9.92. The van der Waals surface area contributed by atoms with Gasteiger partial charge >= 0.3 is 6.18 Å². The van der Waals surface area contributed by atoms with E-state index < -0.39 is 12.1 Å². The van der Waals surface area contributed by atoms with Crippen molar-refractivity contribution in [3.05, 3.63) is 0 Å². The number of hydrogen-bond donors (Lipinski definition) is 0. The Kier molecular flexibility index (Phi) is 4.21. The Morgan fingerprint density at radius 2 is 2.12 bits per heavy atom. The first-order valence-corrected chi connectivity index (χ1v) is 5.62. The Morgan fingerprint density at radius 1 is 1.50 bits per heavy atom. The molecule has 0 saturated carbocycles. The zero-order chi connectivity index (χ0) is 12.3. The predicted octanol–water partition coefficient (Wildman–Crippen LogP) is 3.42. The van der Waals surface area contributed by atoms with Crippen molar-refractivity contribution in [1.29, 1.82) is 0 Å². The monoisotopic (exact) mass is 237 g/mol. The third kappa shape index (κ3) is 3.39. The van der Waals surface area contributed by atoms with Crippen molar-refractivity contribution in [2.75, 3.05) is 6.54 Å². The van der Waals surface area contributed by atoms with E-state index in [0.29, 0.717) is 5.90 Å². The number of nitrogens with zero attached hydrogens (tertiary/aromatic N) is 1. The van der Waals surface area contributed by atoms with Gasteiger partial charge in [-0.05, 0) is 19.8 Å². The third-order valence-electron chi connectivity index (χ3n) is 2.89. The highest BCUT2D eigenvalue weighted by atomic mass is 19.4. The number of ether oxygens (including phenoxy) is 1. The van der Waals surface area contributed by atoms with Gasteiger partial charge in [-0.2, -0.15) is 13.2 Å². The molecule has 0 amide bonds. The predicted molar refractivity (Wildman–Crippen MR) is 56.5 cm³/mol. The van der Waals surface area contributed by atoms with Gasteiger partial charge in [-0.15, -0.1) is 0 Å². The van der Waals surface area contributed by atoms with Crippen LogP contribution in [0.5, 0.6) is 0 Å². The summed E-state index contributed by atoms with van der Waals surface area (Å²) in [7, 11) is 0. The molecule has 0 radical (unpaired) electrons. The molecular formula is C11H18F3NO. The van der Waals surface area contributed by atoms with Crippen LogP contribution >= 0.6 is 0 Å². The minimum atomic E-state index is -4.14. The van der Waals surface area contributed by atoms with Crippen molar-refractivity contribution in [3.63, 3.8) is 0 Å². The average Bonchev–Trinajstić information content (AvgIpc) is 2.19. The molecule has 1 heterocycles. The molecule has 1 rings (SSSR count). The fraction of sp³-hybridized carbons (Fsp3) is 0.909. The van der Waals surface area contributed by atoms with E-state index in [-0.39, 0.29) is 25.0 Å². The van der Waals surface area contributed by atoms with E-state index in [2.05, 4.69) is 4.99 Å². The molecule has 0 saturated heterocycles. The van der Waals surface area contributed by atoms with Crippen LogP contribution in [-0.4, -0.2) is 24.7 Å². The number of alkyl halides is 3. The van der Waals surface area contributed by atoms with E-state index in [1.807, 2.05) is 13.8 Å². The zero-order valence-corrected chi connectivity index (χ0v) is 9.84. The molecule has 0 aromatic carbocycles. The van der Waals surface area contributed by atoms with Gasteiger partial charge in [-0.1, -0.05) is 13.8 Å². The molecule has 3 atom stereocenters. The summed E-state index contributed by atoms with van der Waals surface area (Å²) >= 11 is 0. The van der Waals surface area contributed by atoms with Gasteiger partial charge in [0.05, 0.1) is 18.6 Å². The molecule has 1 aliphatic rings. The van der Waals surface area contributed by atoms with Gasteiger partial charge in [0, 0.05) is 5.92 Å². The van der Waals surface area contributed by atoms with E-state index in [9.17, 15) is 13.2 Å². The molecule has 5 heteroatoms. The molecule has 0 fully saturated rings. The van der Waals surface area contributed by atoms with Crippen molar-refractivity contribution < 1.29 is 17.9 Å². The highest BCUT2D eigenvalue weighted by molar-refractivity contribution is 5.79. The largest absolute Gasteiger partial charge is 0.478 e. The van der Waals surface area contributed by atoms with E-state index in [1.165, 1.54) is 0 Å². The second-order valence-electron chi connectivity index (χ2n) is 4.39. The molecule has 1 aliphatic heterocycles. The molecule has 0 bridgehead atoms. The Hall–Kier alpha value is -0.740. The second kappa shape index (κ2) is 5.06. The van der Waals surface area contributed by atoms with Crippen LogP contribution in [0, 0.1) is 11.8 Å². The Morgan fingerprint density at radius 3 is 2.56 bits per heavy atom. The van der Waals surface area contributed by atoms with Crippen LogP contribution in [0.4, 0.5) is 13.2 Å². The first-order valence-electron chi connectivity index (χ1n) is 5.62. The van der Waals surface area contributed by atoms with Crippen LogP contribution in [0.1, 0.15) is 33.6 Å². The van der Waals surface area contributed by atoms with Crippen LogP contribution in [0.2, 0.25) is 0 Å². The first-order chi connectivity index (χ1) is 7.34. The smallest absolute Gasteiger partial charge is 0.393 e. The van der Waals surface area contributed by atoms with Crippen LogP contribution in [-0.2, 0) is 4.74 Å². The van der Waals surface area contributed by atoms with Crippen LogP contribution < -0.4 is 0 Å². The maximum atomic E-state index is 12.5. The Balaban J connectivity index is 2.61. The lowest BCUT2D eigenvalue weighted by molar-refractivity contribution is -0.176. The fourth-order valence-corrected chi connectivity index (χ4v) is 1.64. The van der Waals surface area contributed by atoms with Crippen molar-refractivity contribution in [1.82, 2.24) is 0 Å². The summed E-state index contributed by atoms with van der Waals surface area (Å²) in [6.07, 6.45) is -3.21. The minimum absolute atomic E-state index is 0.0173. The quantitative estimate of drug-likeness (QED) is 0.721. The number of rotatable bonds is 2. The number of hydrogen-bond acceptors (Lipinski definition) is 2. The summed E-state index contributed by atoms with van der Waals surface area (Å²) in [5, 5.41) is 0. The Labute approximate surface area is 93.9 Å². The van der Waals surface area contributed by atoms with Crippen LogP contribution in [0.3, 0.4) is 0 Å². The van der Waals surface area contributed by atoms with Crippen molar-refractivity contribution in [3.8, 4) is 0 Å².